The van der Waals surface area contributed by atoms with Crippen molar-refractivity contribution in [3.8, 4) is 0 Å². The van der Waals surface area contributed by atoms with Gasteiger partial charge in [-0.25, -0.2) is 4.39 Å². The molecule has 1 aromatic carbocycles. The average Bonchev–Trinajstić information content (AvgIpc) is 2.73. The van der Waals surface area contributed by atoms with E-state index in [2.05, 4.69) is 33.0 Å². The molecule has 0 aliphatic heterocycles. The van der Waals surface area contributed by atoms with Crippen LogP contribution in [0.3, 0.4) is 0 Å². The maximum Gasteiger partial charge on any atom is 0.263 e. The second kappa shape index (κ2) is 5.64. The van der Waals surface area contributed by atoms with Crippen LogP contribution in [0.15, 0.2) is 18.2 Å². The Morgan fingerprint density at radius 2 is 2.10 bits per heavy atom. The smallest absolute Gasteiger partial charge is 0.263 e. The van der Waals surface area contributed by atoms with Gasteiger partial charge in [0.05, 0.1) is 5.69 Å². The monoisotopic (exact) mass is 308 g/mol. The lowest BCUT2D eigenvalue weighted by molar-refractivity contribution is 0.0929. The maximum atomic E-state index is 13.3. The van der Waals surface area contributed by atoms with E-state index in [0.29, 0.717) is 28.4 Å². The van der Waals surface area contributed by atoms with E-state index in [-0.39, 0.29) is 17.1 Å². The normalized spacial score (nSPS) is 12.1. The summed E-state index contributed by atoms with van der Waals surface area (Å²) < 4.78 is 14.1. The SMILES string of the molecule is CC(C)C(C)(C)CNC(=O)c1sc2ccc(F)cc2c1N. The van der Waals surface area contributed by atoms with Gasteiger partial charge in [0.25, 0.3) is 5.91 Å². The summed E-state index contributed by atoms with van der Waals surface area (Å²) in [6.45, 7) is 9.06. The number of carbonyl (C=O) groups is 1. The van der Waals surface area contributed by atoms with Gasteiger partial charge in [0, 0.05) is 16.6 Å². The first-order valence-corrected chi connectivity index (χ1v) is 7.80. The first-order chi connectivity index (χ1) is 9.72. The predicted octanol–water partition coefficient (Wildman–Crippen LogP) is 4.03. The van der Waals surface area contributed by atoms with Crippen molar-refractivity contribution in [3.05, 3.63) is 28.9 Å². The minimum absolute atomic E-state index is 0.00715. The Kier molecular flexibility index (Phi) is 4.23. The number of halogens is 1. The van der Waals surface area contributed by atoms with Crippen molar-refractivity contribution in [2.75, 3.05) is 12.3 Å². The van der Waals surface area contributed by atoms with Crippen LogP contribution in [0.25, 0.3) is 10.1 Å². The van der Waals surface area contributed by atoms with Gasteiger partial charge >= 0.3 is 0 Å². The number of hydrogen-bond acceptors (Lipinski definition) is 3. The number of nitrogens with two attached hydrogens (primary N) is 1. The first-order valence-electron chi connectivity index (χ1n) is 6.98. The average molecular weight is 308 g/mol. The number of hydrogen-bond donors (Lipinski definition) is 2. The summed E-state index contributed by atoms with van der Waals surface area (Å²) in [5, 5.41) is 3.54. The highest BCUT2D eigenvalue weighted by atomic mass is 32.1. The molecule has 1 amide bonds. The molecule has 0 saturated heterocycles. The third-order valence-corrected chi connectivity index (χ3v) is 5.35. The van der Waals surface area contributed by atoms with Crippen molar-refractivity contribution in [3.63, 3.8) is 0 Å². The number of nitrogen functional groups attached to an aromatic ring is 1. The summed E-state index contributed by atoms with van der Waals surface area (Å²) in [6, 6.07) is 4.40. The number of rotatable bonds is 4. The number of thiophene rings is 1. The number of carbonyl (C=O) groups excluding carboxylic acids is 1. The van der Waals surface area contributed by atoms with Gasteiger partial charge in [0.15, 0.2) is 0 Å². The lowest BCUT2D eigenvalue weighted by Gasteiger charge is -2.29. The highest BCUT2D eigenvalue weighted by Crippen LogP contribution is 2.34. The van der Waals surface area contributed by atoms with Crippen molar-refractivity contribution in [2.45, 2.75) is 27.7 Å². The van der Waals surface area contributed by atoms with E-state index in [9.17, 15) is 9.18 Å². The lowest BCUT2D eigenvalue weighted by atomic mass is 9.81. The van der Waals surface area contributed by atoms with E-state index >= 15 is 0 Å². The van der Waals surface area contributed by atoms with E-state index in [1.165, 1.54) is 23.5 Å². The molecule has 0 atom stereocenters. The van der Waals surface area contributed by atoms with Crippen LogP contribution in [0.2, 0.25) is 0 Å². The standard InChI is InChI=1S/C16H21FN2OS/c1-9(2)16(3,4)8-19-15(20)14-13(18)11-7-10(17)5-6-12(11)21-14/h5-7,9H,8,18H2,1-4H3,(H,19,20). The molecule has 0 aliphatic rings. The second-order valence-corrected chi connectivity index (χ2v) is 7.36. The fourth-order valence-electron chi connectivity index (χ4n) is 1.85. The Labute approximate surface area is 128 Å². The Hall–Kier alpha value is -1.62. The Morgan fingerprint density at radius 3 is 2.71 bits per heavy atom. The molecule has 3 nitrogen and oxygen atoms in total. The summed E-state index contributed by atoms with van der Waals surface area (Å²) in [6.07, 6.45) is 0. The zero-order valence-electron chi connectivity index (χ0n) is 12.8. The van der Waals surface area contributed by atoms with Gasteiger partial charge < -0.3 is 11.1 Å². The molecule has 0 bridgehead atoms. The van der Waals surface area contributed by atoms with E-state index in [4.69, 9.17) is 5.73 Å². The van der Waals surface area contributed by atoms with Crippen molar-refractivity contribution in [2.24, 2.45) is 11.3 Å². The summed E-state index contributed by atoms with van der Waals surface area (Å²) in [4.78, 5) is 12.8. The fraction of sp³-hybridized carbons (Fsp3) is 0.438. The van der Waals surface area contributed by atoms with Gasteiger partial charge in [0.2, 0.25) is 0 Å². The van der Waals surface area contributed by atoms with Crippen LogP contribution in [-0.2, 0) is 0 Å². The molecular formula is C16H21FN2OS. The molecule has 1 heterocycles. The summed E-state index contributed by atoms with van der Waals surface area (Å²) >= 11 is 1.30. The van der Waals surface area contributed by atoms with Crippen molar-refractivity contribution in [1.82, 2.24) is 5.32 Å². The van der Waals surface area contributed by atoms with Gasteiger partial charge in [-0.15, -0.1) is 11.3 Å². The van der Waals surface area contributed by atoms with Crippen LogP contribution >= 0.6 is 11.3 Å². The van der Waals surface area contributed by atoms with Crippen LogP contribution in [0.5, 0.6) is 0 Å². The molecule has 1 aromatic heterocycles. The van der Waals surface area contributed by atoms with E-state index < -0.39 is 0 Å². The van der Waals surface area contributed by atoms with Gasteiger partial charge in [-0.2, -0.15) is 0 Å². The molecule has 0 saturated carbocycles. The van der Waals surface area contributed by atoms with Gasteiger partial charge in [0.1, 0.15) is 10.7 Å². The van der Waals surface area contributed by atoms with Gasteiger partial charge in [-0.1, -0.05) is 27.7 Å². The number of nitrogens with one attached hydrogen (secondary N) is 1. The molecule has 114 valence electrons. The highest BCUT2D eigenvalue weighted by Gasteiger charge is 2.24. The van der Waals surface area contributed by atoms with E-state index in [1.54, 1.807) is 6.07 Å². The minimum Gasteiger partial charge on any atom is -0.397 e. The largest absolute Gasteiger partial charge is 0.397 e. The molecule has 0 unspecified atom stereocenters. The van der Waals surface area contributed by atoms with Crippen molar-refractivity contribution < 1.29 is 9.18 Å². The number of amides is 1. The molecule has 2 aromatic rings. The second-order valence-electron chi connectivity index (χ2n) is 6.31. The number of anilines is 1. The van der Waals surface area contributed by atoms with Gasteiger partial charge in [-0.05, 0) is 29.5 Å². The zero-order valence-corrected chi connectivity index (χ0v) is 13.6. The Bertz CT molecular complexity index is 676. The van der Waals surface area contributed by atoms with E-state index in [1.807, 2.05) is 0 Å². The van der Waals surface area contributed by atoms with Crippen molar-refractivity contribution >= 4 is 33.0 Å². The summed E-state index contributed by atoms with van der Waals surface area (Å²) in [7, 11) is 0. The molecular weight excluding hydrogens is 287 g/mol. The lowest BCUT2D eigenvalue weighted by Crippen LogP contribution is -2.36. The van der Waals surface area contributed by atoms with Gasteiger partial charge in [-0.3, -0.25) is 4.79 Å². The number of benzene rings is 1. The highest BCUT2D eigenvalue weighted by molar-refractivity contribution is 7.21. The minimum atomic E-state index is -0.347. The molecule has 3 N–H and O–H groups in total. The molecule has 0 spiro atoms. The van der Waals surface area contributed by atoms with E-state index in [0.717, 1.165) is 4.70 Å². The quantitative estimate of drug-likeness (QED) is 0.896. The van der Waals surface area contributed by atoms with Crippen LogP contribution in [0.1, 0.15) is 37.4 Å². The zero-order chi connectivity index (χ0) is 15.8. The fourth-order valence-corrected chi connectivity index (χ4v) is 2.87. The predicted molar refractivity (Wildman–Crippen MR) is 87.1 cm³/mol. The first kappa shape index (κ1) is 15.8. The summed E-state index contributed by atoms with van der Waals surface area (Å²) in [5.74, 6) is -0.0885. The molecule has 0 radical (unpaired) electrons. The molecule has 0 aliphatic carbocycles. The Balaban J connectivity index is 2.22. The molecule has 5 heteroatoms. The molecule has 21 heavy (non-hydrogen) atoms. The number of fused-ring (bicyclic) bond motifs is 1. The molecule has 0 fully saturated rings. The third kappa shape index (κ3) is 3.18. The van der Waals surface area contributed by atoms with Crippen LogP contribution < -0.4 is 11.1 Å². The van der Waals surface area contributed by atoms with Crippen LogP contribution in [0, 0.1) is 17.2 Å². The Morgan fingerprint density at radius 1 is 1.43 bits per heavy atom. The maximum absolute atomic E-state index is 13.3. The summed E-state index contributed by atoms with van der Waals surface area (Å²) in [5.41, 5.74) is 6.35. The molecule has 2 rings (SSSR count). The van der Waals surface area contributed by atoms with Crippen molar-refractivity contribution in [1.29, 1.82) is 0 Å². The topological polar surface area (TPSA) is 55.1 Å². The van der Waals surface area contributed by atoms with Crippen LogP contribution in [0.4, 0.5) is 10.1 Å². The van der Waals surface area contributed by atoms with Crippen LogP contribution in [-0.4, -0.2) is 12.5 Å². The third-order valence-electron chi connectivity index (χ3n) is 4.16.